The van der Waals surface area contributed by atoms with Crippen LogP contribution in [0.5, 0.6) is 0 Å². The summed E-state index contributed by atoms with van der Waals surface area (Å²) in [6.45, 7) is 0.910. The van der Waals surface area contributed by atoms with Gasteiger partial charge in [0.05, 0.1) is 6.42 Å². The minimum absolute atomic E-state index is 0.00271. The van der Waals surface area contributed by atoms with Gasteiger partial charge in [0.2, 0.25) is 10.8 Å². The summed E-state index contributed by atoms with van der Waals surface area (Å²) < 4.78 is 4.89. The van der Waals surface area contributed by atoms with Crippen LogP contribution in [-0.2, 0) is 30.3 Å². The highest BCUT2D eigenvalue weighted by atomic mass is 32.2. The predicted molar refractivity (Wildman–Crippen MR) is 110 cm³/mol. The molecule has 30 heavy (non-hydrogen) atoms. The number of nitrogens with zero attached hydrogens (tertiary/aromatic N) is 1. The standard InChI is InChI=1S/C17H17N3O7S3/c1-8(21)27-6-9-7-29-15-17(30-16(18)26,14(25)20(15)12(9)13(23)24)19-11(22)5-10-3-2-4-28-10/h2-4,15H,5-7H2,1H3,(H2,18,26)(H,19,22)(H,23,24)/t15-,17?/m1/s1. The monoisotopic (exact) mass is 471 g/mol. The molecule has 2 atom stereocenters. The second-order valence-corrected chi connectivity index (χ2v) is 9.69. The van der Waals surface area contributed by atoms with Gasteiger partial charge in [0.25, 0.3) is 11.1 Å². The number of β-lactam (4-membered cyclic amide) rings is 1. The van der Waals surface area contributed by atoms with E-state index in [0.717, 1.165) is 21.5 Å². The summed E-state index contributed by atoms with van der Waals surface area (Å²) in [5, 5.41) is 12.3. The number of fused-ring (bicyclic) bond motifs is 1. The maximum Gasteiger partial charge on any atom is 0.352 e. The number of thioether (sulfide) groups is 2. The number of aliphatic carboxylic acids is 1. The molecular weight excluding hydrogens is 454 g/mol. The summed E-state index contributed by atoms with van der Waals surface area (Å²) in [5.74, 6) is -3.11. The van der Waals surface area contributed by atoms with Crippen molar-refractivity contribution in [1.82, 2.24) is 10.2 Å². The Morgan fingerprint density at radius 1 is 1.43 bits per heavy atom. The van der Waals surface area contributed by atoms with E-state index in [1.54, 1.807) is 17.5 Å². The van der Waals surface area contributed by atoms with Crippen LogP contribution in [0.4, 0.5) is 4.79 Å². The summed E-state index contributed by atoms with van der Waals surface area (Å²) in [7, 11) is 0. The van der Waals surface area contributed by atoms with Crippen LogP contribution in [0.2, 0.25) is 0 Å². The number of carbonyl (C=O) groups excluding carboxylic acids is 4. The first-order valence-corrected chi connectivity index (χ1v) is 11.3. The molecule has 2 aliphatic rings. The van der Waals surface area contributed by atoms with Gasteiger partial charge in [-0.05, 0) is 23.2 Å². The number of carboxylic acids is 1. The summed E-state index contributed by atoms with van der Waals surface area (Å²) in [6.07, 6.45) is 0.00271. The number of esters is 1. The first-order chi connectivity index (χ1) is 14.2. The van der Waals surface area contributed by atoms with Crippen molar-refractivity contribution in [2.75, 3.05) is 12.4 Å². The molecule has 3 heterocycles. The van der Waals surface area contributed by atoms with Crippen molar-refractivity contribution in [1.29, 1.82) is 0 Å². The second-order valence-electron chi connectivity index (χ2n) is 6.34. The Morgan fingerprint density at radius 2 is 2.17 bits per heavy atom. The van der Waals surface area contributed by atoms with E-state index >= 15 is 0 Å². The lowest BCUT2D eigenvalue weighted by Crippen LogP contribution is -2.78. The van der Waals surface area contributed by atoms with E-state index in [2.05, 4.69) is 5.32 Å². The number of hydrogen-bond acceptors (Lipinski definition) is 9. The molecule has 0 radical (unpaired) electrons. The fourth-order valence-electron chi connectivity index (χ4n) is 3.10. The smallest absolute Gasteiger partial charge is 0.352 e. The molecule has 0 spiro atoms. The maximum absolute atomic E-state index is 13.1. The molecule has 1 saturated heterocycles. The molecule has 0 bridgehead atoms. The van der Waals surface area contributed by atoms with Gasteiger partial charge in [0.1, 0.15) is 17.7 Å². The van der Waals surface area contributed by atoms with Gasteiger partial charge in [-0.1, -0.05) is 6.07 Å². The van der Waals surface area contributed by atoms with Crippen molar-refractivity contribution in [3.8, 4) is 0 Å². The van der Waals surface area contributed by atoms with Crippen molar-refractivity contribution in [2.45, 2.75) is 23.6 Å². The Hall–Kier alpha value is -2.51. The lowest BCUT2D eigenvalue weighted by Gasteiger charge is -2.56. The normalized spacial score (nSPS) is 22.8. The molecule has 1 fully saturated rings. The first-order valence-electron chi connectivity index (χ1n) is 8.51. The van der Waals surface area contributed by atoms with Crippen LogP contribution >= 0.6 is 34.9 Å². The Balaban J connectivity index is 1.88. The number of hydrogen-bond donors (Lipinski definition) is 3. The van der Waals surface area contributed by atoms with Gasteiger partial charge >= 0.3 is 11.9 Å². The molecule has 0 saturated carbocycles. The third-order valence-corrected chi connectivity index (χ3v) is 7.71. The van der Waals surface area contributed by atoms with E-state index in [1.807, 2.05) is 0 Å². The van der Waals surface area contributed by atoms with Crippen LogP contribution in [0.3, 0.4) is 0 Å². The van der Waals surface area contributed by atoms with Gasteiger partial charge in [-0.25, -0.2) is 4.79 Å². The summed E-state index contributed by atoms with van der Waals surface area (Å²) in [5.41, 5.74) is 5.22. The van der Waals surface area contributed by atoms with Gasteiger partial charge in [0, 0.05) is 23.1 Å². The van der Waals surface area contributed by atoms with Gasteiger partial charge in [0.15, 0.2) is 0 Å². The summed E-state index contributed by atoms with van der Waals surface area (Å²) >= 11 is 2.97. The molecule has 1 aromatic heterocycles. The average molecular weight is 472 g/mol. The molecule has 3 amide bonds. The quantitative estimate of drug-likeness (QED) is 0.296. The zero-order valence-electron chi connectivity index (χ0n) is 15.6. The van der Waals surface area contributed by atoms with Crippen LogP contribution in [-0.4, -0.2) is 61.6 Å². The highest BCUT2D eigenvalue weighted by Gasteiger charge is 2.67. The molecule has 1 unspecified atom stereocenters. The Labute approximate surface area is 183 Å². The zero-order valence-corrected chi connectivity index (χ0v) is 18.0. The third kappa shape index (κ3) is 4.18. The molecule has 160 valence electrons. The van der Waals surface area contributed by atoms with Crippen molar-refractivity contribution < 1.29 is 33.8 Å². The Bertz CT molecular complexity index is 946. The van der Waals surface area contributed by atoms with Gasteiger partial charge < -0.3 is 20.9 Å². The SMILES string of the molecule is CC(=O)OCC1=C(C(=O)O)N2C(=O)C(NC(=O)Cc3cccs3)(SC(N)=O)[C@H]2SC1. The van der Waals surface area contributed by atoms with Crippen LogP contribution in [0.25, 0.3) is 0 Å². The van der Waals surface area contributed by atoms with Crippen molar-refractivity contribution in [3.05, 3.63) is 33.7 Å². The van der Waals surface area contributed by atoms with E-state index in [4.69, 9.17) is 10.5 Å². The predicted octanol–water partition coefficient (Wildman–Crippen LogP) is 0.732. The second kappa shape index (κ2) is 8.70. The van der Waals surface area contributed by atoms with E-state index in [-0.39, 0.29) is 30.1 Å². The summed E-state index contributed by atoms with van der Waals surface area (Å²) in [6, 6.07) is 3.54. The molecule has 3 rings (SSSR count). The lowest BCUT2D eigenvalue weighted by atomic mass is 10.0. The number of nitrogens with two attached hydrogens (primary N) is 1. The van der Waals surface area contributed by atoms with Crippen molar-refractivity contribution in [3.63, 3.8) is 0 Å². The highest BCUT2D eigenvalue weighted by Crippen LogP contribution is 2.51. The number of carbonyl (C=O) groups is 5. The number of amides is 3. The minimum Gasteiger partial charge on any atom is -0.477 e. The van der Waals surface area contributed by atoms with Crippen molar-refractivity contribution >= 4 is 63.9 Å². The number of rotatable bonds is 7. The Morgan fingerprint density at radius 3 is 2.73 bits per heavy atom. The van der Waals surface area contributed by atoms with Crippen LogP contribution in [0, 0.1) is 0 Å². The first kappa shape index (κ1) is 22.2. The minimum atomic E-state index is -1.71. The van der Waals surface area contributed by atoms with E-state index < -0.39 is 39.2 Å². The molecule has 0 aromatic carbocycles. The molecular formula is C17H17N3O7S3. The Kier molecular flexibility index (Phi) is 6.43. The molecule has 10 nitrogen and oxygen atoms in total. The van der Waals surface area contributed by atoms with Gasteiger partial charge in [-0.2, -0.15) is 0 Å². The third-order valence-electron chi connectivity index (χ3n) is 4.26. The number of ether oxygens (including phenoxy) is 1. The topological polar surface area (TPSA) is 156 Å². The number of primary amides is 1. The lowest BCUT2D eigenvalue weighted by molar-refractivity contribution is -0.153. The van der Waals surface area contributed by atoms with Crippen LogP contribution in [0.15, 0.2) is 28.8 Å². The molecule has 2 aliphatic heterocycles. The van der Waals surface area contributed by atoms with Gasteiger partial charge in [-0.3, -0.25) is 24.1 Å². The van der Waals surface area contributed by atoms with E-state index in [9.17, 15) is 29.1 Å². The van der Waals surface area contributed by atoms with Crippen LogP contribution in [0.1, 0.15) is 11.8 Å². The van der Waals surface area contributed by atoms with E-state index in [1.165, 1.54) is 18.3 Å². The average Bonchev–Trinajstić information content (AvgIpc) is 3.16. The van der Waals surface area contributed by atoms with E-state index in [0.29, 0.717) is 11.8 Å². The number of nitrogens with one attached hydrogen (secondary N) is 1. The van der Waals surface area contributed by atoms with Crippen molar-refractivity contribution in [2.24, 2.45) is 5.73 Å². The molecule has 13 heteroatoms. The highest BCUT2D eigenvalue weighted by molar-refractivity contribution is 8.16. The summed E-state index contributed by atoms with van der Waals surface area (Å²) in [4.78, 5) is 60.2. The molecule has 1 aromatic rings. The number of thiophene rings is 1. The van der Waals surface area contributed by atoms with Gasteiger partial charge in [-0.15, -0.1) is 23.1 Å². The zero-order chi connectivity index (χ0) is 22.1. The molecule has 0 aliphatic carbocycles. The maximum atomic E-state index is 13.1. The van der Waals surface area contributed by atoms with Crippen LogP contribution < -0.4 is 11.1 Å². The molecule has 4 N–H and O–H groups in total. The largest absolute Gasteiger partial charge is 0.477 e. The fraction of sp³-hybridized carbons (Fsp3) is 0.353. The fourth-order valence-corrected chi connectivity index (χ4v) is 6.35. The number of carboxylic acid groups (broad SMARTS) is 1.